The van der Waals surface area contributed by atoms with Crippen molar-refractivity contribution in [3.8, 4) is 5.75 Å². The summed E-state index contributed by atoms with van der Waals surface area (Å²) >= 11 is 1.21. The molecule has 1 heterocycles. The highest BCUT2D eigenvalue weighted by Crippen LogP contribution is 2.35. The molecule has 0 radical (unpaired) electrons. The van der Waals surface area contributed by atoms with E-state index in [1.807, 2.05) is 25.1 Å². The van der Waals surface area contributed by atoms with Crippen LogP contribution in [0.5, 0.6) is 5.75 Å². The molecule has 4 rings (SSSR count). The predicted molar refractivity (Wildman–Crippen MR) is 138 cm³/mol. The molecule has 3 aromatic carbocycles. The van der Waals surface area contributed by atoms with Crippen LogP contribution < -0.4 is 4.74 Å². The van der Waals surface area contributed by atoms with Crippen molar-refractivity contribution in [3.05, 3.63) is 100.0 Å². The molecule has 1 amide bonds. The lowest BCUT2D eigenvalue weighted by molar-refractivity contribution is -0.122. The fourth-order valence-electron chi connectivity index (χ4n) is 3.47. The lowest BCUT2D eigenvalue weighted by Crippen LogP contribution is -2.28. The van der Waals surface area contributed by atoms with Gasteiger partial charge in [-0.25, -0.2) is 14.6 Å². The second-order valence-electron chi connectivity index (χ2n) is 7.74. The van der Waals surface area contributed by atoms with E-state index in [9.17, 15) is 19.5 Å². The lowest BCUT2D eigenvalue weighted by Gasteiger charge is -2.12. The molecule has 9 heteroatoms. The second-order valence-corrected chi connectivity index (χ2v) is 8.75. The van der Waals surface area contributed by atoms with Crippen LogP contribution in [0.15, 0.2) is 82.7 Å². The third-order valence-corrected chi connectivity index (χ3v) is 6.33. The summed E-state index contributed by atoms with van der Waals surface area (Å²) in [5.41, 5.74) is 2.29. The number of aliphatic imine (C=N–C) groups is 1. The highest BCUT2D eigenvalue weighted by molar-refractivity contribution is 8.18. The van der Waals surface area contributed by atoms with E-state index in [-0.39, 0.29) is 23.6 Å². The number of rotatable bonds is 8. The van der Waals surface area contributed by atoms with E-state index in [2.05, 4.69) is 4.99 Å². The number of amides is 1. The molecule has 1 aliphatic heterocycles. The Labute approximate surface area is 211 Å². The van der Waals surface area contributed by atoms with E-state index >= 15 is 0 Å². The van der Waals surface area contributed by atoms with Crippen LogP contribution in [0, 0.1) is 0 Å². The highest BCUT2D eigenvalue weighted by atomic mass is 32.2. The molecule has 0 saturated carbocycles. The molecule has 182 valence electrons. The average Bonchev–Trinajstić information content (AvgIpc) is 3.17. The number of para-hydroxylation sites is 1. The third-order valence-electron chi connectivity index (χ3n) is 5.32. The van der Waals surface area contributed by atoms with Crippen LogP contribution in [-0.4, -0.2) is 44.7 Å². The molecule has 0 aliphatic carbocycles. The van der Waals surface area contributed by atoms with Crippen molar-refractivity contribution in [2.45, 2.75) is 13.5 Å². The van der Waals surface area contributed by atoms with Crippen molar-refractivity contribution < 1.29 is 29.3 Å². The summed E-state index contributed by atoms with van der Waals surface area (Å²) in [7, 11) is 0. The van der Waals surface area contributed by atoms with Gasteiger partial charge in [0.2, 0.25) is 0 Å². The molecule has 0 bridgehead atoms. The van der Waals surface area contributed by atoms with Crippen molar-refractivity contribution in [2.75, 3.05) is 6.54 Å². The Morgan fingerprint density at radius 3 is 2.39 bits per heavy atom. The number of aromatic carboxylic acids is 2. The van der Waals surface area contributed by atoms with Gasteiger partial charge in [-0.2, -0.15) is 0 Å². The summed E-state index contributed by atoms with van der Waals surface area (Å²) in [6, 6.07) is 20.0. The van der Waals surface area contributed by atoms with Gasteiger partial charge in [0.15, 0.2) is 5.17 Å². The molecule has 0 unspecified atom stereocenters. The van der Waals surface area contributed by atoms with Gasteiger partial charge in [0.25, 0.3) is 5.91 Å². The van der Waals surface area contributed by atoms with Gasteiger partial charge in [-0.1, -0.05) is 36.4 Å². The zero-order valence-corrected chi connectivity index (χ0v) is 20.1. The number of amidine groups is 1. The topological polar surface area (TPSA) is 117 Å². The monoisotopic (exact) mass is 502 g/mol. The molecule has 0 atom stereocenters. The summed E-state index contributed by atoms with van der Waals surface area (Å²) in [6.45, 7) is 2.48. The van der Waals surface area contributed by atoms with Gasteiger partial charge in [0.1, 0.15) is 12.4 Å². The number of carbonyl (C=O) groups excluding carboxylic acids is 1. The highest BCUT2D eigenvalue weighted by Gasteiger charge is 2.32. The van der Waals surface area contributed by atoms with Crippen LogP contribution in [0.3, 0.4) is 0 Å². The zero-order chi connectivity index (χ0) is 25.7. The standard InChI is InChI=1S/C27H22N2O6S/c1-2-29-24(30)23(36-27(29)28-21-8-5-7-20(14-21)26(33)34)15-19-6-3-4-9-22(19)35-16-17-10-12-18(13-11-17)25(31)32/h3-15H,2,16H2,1H3,(H,31,32)(H,33,34)/b23-15-,28-27?. The number of likely N-dealkylation sites (N-methyl/N-ethyl adjacent to an activating group) is 1. The van der Waals surface area contributed by atoms with Crippen molar-refractivity contribution in [1.82, 2.24) is 4.90 Å². The molecule has 1 saturated heterocycles. The minimum atomic E-state index is -1.05. The second kappa shape index (κ2) is 10.9. The van der Waals surface area contributed by atoms with Gasteiger partial charge in [-0.05, 0) is 66.7 Å². The van der Waals surface area contributed by atoms with Crippen LogP contribution in [0.4, 0.5) is 5.69 Å². The van der Waals surface area contributed by atoms with Gasteiger partial charge in [0, 0.05) is 12.1 Å². The van der Waals surface area contributed by atoms with Crippen LogP contribution in [0.25, 0.3) is 6.08 Å². The van der Waals surface area contributed by atoms with Gasteiger partial charge in [-0.3, -0.25) is 9.69 Å². The largest absolute Gasteiger partial charge is 0.488 e. The van der Waals surface area contributed by atoms with Gasteiger partial charge < -0.3 is 14.9 Å². The molecule has 0 spiro atoms. The Bertz CT molecular complexity index is 1380. The molecule has 36 heavy (non-hydrogen) atoms. The van der Waals surface area contributed by atoms with Crippen LogP contribution in [-0.2, 0) is 11.4 Å². The summed E-state index contributed by atoms with van der Waals surface area (Å²) < 4.78 is 5.97. The van der Waals surface area contributed by atoms with Gasteiger partial charge in [0.05, 0.1) is 21.7 Å². The first-order valence-electron chi connectivity index (χ1n) is 11.0. The number of hydrogen-bond donors (Lipinski definition) is 2. The lowest BCUT2D eigenvalue weighted by atomic mass is 10.1. The maximum Gasteiger partial charge on any atom is 0.335 e. The van der Waals surface area contributed by atoms with E-state index in [1.54, 1.807) is 36.4 Å². The molecular formula is C27H22N2O6S. The fourth-order valence-corrected chi connectivity index (χ4v) is 4.52. The number of hydrogen-bond acceptors (Lipinski definition) is 6. The predicted octanol–water partition coefficient (Wildman–Crippen LogP) is 5.29. The van der Waals surface area contributed by atoms with Crippen LogP contribution in [0.2, 0.25) is 0 Å². The molecular weight excluding hydrogens is 480 g/mol. The van der Waals surface area contributed by atoms with E-state index in [4.69, 9.17) is 9.84 Å². The molecule has 1 aliphatic rings. The van der Waals surface area contributed by atoms with E-state index in [0.29, 0.717) is 33.6 Å². The van der Waals surface area contributed by atoms with Crippen molar-refractivity contribution >= 4 is 46.5 Å². The van der Waals surface area contributed by atoms with Crippen molar-refractivity contribution in [3.63, 3.8) is 0 Å². The first kappa shape index (κ1) is 24.7. The van der Waals surface area contributed by atoms with Gasteiger partial charge >= 0.3 is 11.9 Å². The quantitative estimate of drug-likeness (QED) is 0.402. The van der Waals surface area contributed by atoms with Crippen LogP contribution in [0.1, 0.15) is 38.8 Å². The number of ether oxygens (including phenoxy) is 1. The summed E-state index contributed by atoms with van der Waals surface area (Å²) in [5.74, 6) is -1.66. The molecule has 3 aromatic rings. The first-order valence-corrected chi connectivity index (χ1v) is 11.8. The molecule has 8 nitrogen and oxygen atoms in total. The number of carbonyl (C=O) groups is 3. The number of nitrogens with zero attached hydrogens (tertiary/aromatic N) is 2. The molecule has 1 fully saturated rings. The average molecular weight is 503 g/mol. The normalized spacial score (nSPS) is 15.5. The Morgan fingerprint density at radius 1 is 0.972 bits per heavy atom. The Morgan fingerprint density at radius 2 is 1.69 bits per heavy atom. The smallest absolute Gasteiger partial charge is 0.335 e. The zero-order valence-electron chi connectivity index (χ0n) is 19.2. The van der Waals surface area contributed by atoms with E-state index < -0.39 is 11.9 Å². The maximum atomic E-state index is 13.1. The molecule has 0 aromatic heterocycles. The third kappa shape index (κ3) is 5.64. The van der Waals surface area contributed by atoms with Gasteiger partial charge in [-0.15, -0.1) is 0 Å². The number of carboxylic acids is 2. The molecule has 2 N–H and O–H groups in total. The number of thioether (sulfide) groups is 1. The summed E-state index contributed by atoms with van der Waals surface area (Å²) in [6.07, 6.45) is 1.74. The SMILES string of the molecule is CCN1C(=O)/C(=C/c2ccccc2OCc2ccc(C(=O)O)cc2)SC1=Nc1cccc(C(=O)O)c1. The minimum absolute atomic E-state index is 0.119. The Hall–Kier alpha value is -4.37. The van der Waals surface area contributed by atoms with Crippen molar-refractivity contribution in [2.24, 2.45) is 4.99 Å². The maximum absolute atomic E-state index is 13.1. The van der Waals surface area contributed by atoms with Crippen molar-refractivity contribution in [1.29, 1.82) is 0 Å². The van der Waals surface area contributed by atoms with E-state index in [0.717, 1.165) is 5.56 Å². The minimum Gasteiger partial charge on any atom is -0.488 e. The summed E-state index contributed by atoms with van der Waals surface area (Å²) in [5, 5.41) is 18.7. The number of carboxylic acid groups (broad SMARTS) is 2. The van der Waals surface area contributed by atoms with Crippen LogP contribution >= 0.6 is 11.8 Å². The Kier molecular flexibility index (Phi) is 7.50. The Balaban J connectivity index is 1.56. The fraction of sp³-hybridized carbons (Fsp3) is 0.111. The van der Waals surface area contributed by atoms with E-state index in [1.165, 1.54) is 40.9 Å². The summed E-state index contributed by atoms with van der Waals surface area (Å²) in [4.78, 5) is 41.9. The number of benzene rings is 3. The first-order chi connectivity index (χ1) is 17.4.